The Hall–Kier alpha value is -1.14. The molecular formula is C11H20N4OS. The summed E-state index contributed by atoms with van der Waals surface area (Å²) in [6, 6.07) is 0. The van der Waals surface area contributed by atoms with Crippen molar-refractivity contribution in [1.82, 2.24) is 15.5 Å². The number of rotatable bonds is 6. The summed E-state index contributed by atoms with van der Waals surface area (Å²) >= 11 is 5.19. The fourth-order valence-corrected chi connectivity index (χ4v) is 1.62. The highest BCUT2D eigenvalue weighted by Gasteiger charge is 2.06. The molecule has 6 heteroatoms. The van der Waals surface area contributed by atoms with Gasteiger partial charge < -0.3 is 15.4 Å². The molecule has 0 aromatic carbocycles. The molecule has 0 saturated carbocycles. The zero-order valence-corrected chi connectivity index (χ0v) is 11.4. The number of hydrogen-bond acceptors (Lipinski definition) is 3. The molecule has 0 atom stereocenters. The first-order valence-corrected chi connectivity index (χ1v) is 6.20. The molecule has 1 aromatic rings. The van der Waals surface area contributed by atoms with Gasteiger partial charge in [0.2, 0.25) is 0 Å². The van der Waals surface area contributed by atoms with Crippen molar-refractivity contribution >= 4 is 23.0 Å². The van der Waals surface area contributed by atoms with Crippen LogP contribution in [0.2, 0.25) is 0 Å². The molecule has 0 bridgehead atoms. The fourth-order valence-electron chi connectivity index (χ4n) is 1.41. The summed E-state index contributed by atoms with van der Waals surface area (Å²) in [5.74, 6) is 0. The van der Waals surface area contributed by atoms with Crippen molar-refractivity contribution in [3.05, 3.63) is 11.4 Å². The summed E-state index contributed by atoms with van der Waals surface area (Å²) < 4.78 is 5.24. The SMILES string of the molecule is CCOCCCNC(=S)Nc1c(C)n[nH]c1C. The third kappa shape index (κ3) is 4.70. The number of ether oxygens (including phenoxy) is 1. The predicted molar refractivity (Wildman–Crippen MR) is 73.4 cm³/mol. The van der Waals surface area contributed by atoms with Crippen molar-refractivity contribution in [2.24, 2.45) is 0 Å². The monoisotopic (exact) mass is 256 g/mol. The molecule has 96 valence electrons. The Kier molecular flexibility index (Phi) is 5.93. The van der Waals surface area contributed by atoms with Gasteiger partial charge in [0.1, 0.15) is 0 Å². The molecule has 0 radical (unpaired) electrons. The maximum absolute atomic E-state index is 5.24. The smallest absolute Gasteiger partial charge is 0.170 e. The van der Waals surface area contributed by atoms with Crippen LogP contribution < -0.4 is 10.6 Å². The minimum Gasteiger partial charge on any atom is -0.382 e. The van der Waals surface area contributed by atoms with Gasteiger partial charge in [-0.3, -0.25) is 5.10 Å². The van der Waals surface area contributed by atoms with Crippen LogP contribution in [0, 0.1) is 13.8 Å². The molecule has 1 aromatic heterocycles. The van der Waals surface area contributed by atoms with E-state index in [4.69, 9.17) is 17.0 Å². The van der Waals surface area contributed by atoms with E-state index >= 15 is 0 Å². The van der Waals surface area contributed by atoms with Gasteiger partial charge in [0.15, 0.2) is 5.11 Å². The van der Waals surface area contributed by atoms with Crippen LogP contribution in [-0.2, 0) is 4.74 Å². The molecule has 5 nitrogen and oxygen atoms in total. The van der Waals surface area contributed by atoms with E-state index in [9.17, 15) is 0 Å². The maximum Gasteiger partial charge on any atom is 0.170 e. The summed E-state index contributed by atoms with van der Waals surface area (Å²) in [4.78, 5) is 0. The number of aromatic nitrogens is 2. The molecule has 0 aliphatic rings. The molecule has 17 heavy (non-hydrogen) atoms. The number of nitrogens with one attached hydrogen (secondary N) is 3. The lowest BCUT2D eigenvalue weighted by atomic mass is 10.3. The van der Waals surface area contributed by atoms with Gasteiger partial charge in [-0.2, -0.15) is 5.10 Å². The largest absolute Gasteiger partial charge is 0.382 e. The molecule has 1 rings (SSSR count). The molecule has 0 fully saturated rings. The van der Waals surface area contributed by atoms with Gasteiger partial charge in [-0.1, -0.05) is 0 Å². The van der Waals surface area contributed by atoms with E-state index in [1.807, 2.05) is 20.8 Å². The summed E-state index contributed by atoms with van der Waals surface area (Å²) in [6.45, 7) is 8.21. The van der Waals surface area contributed by atoms with Gasteiger partial charge in [-0.15, -0.1) is 0 Å². The highest BCUT2D eigenvalue weighted by Crippen LogP contribution is 2.15. The van der Waals surface area contributed by atoms with Crippen molar-refractivity contribution < 1.29 is 4.74 Å². The molecule has 0 unspecified atom stereocenters. The topological polar surface area (TPSA) is 62.0 Å². The predicted octanol–water partition coefficient (Wildman–Crippen LogP) is 1.74. The van der Waals surface area contributed by atoms with E-state index in [1.54, 1.807) is 0 Å². The molecule has 0 saturated heterocycles. The van der Waals surface area contributed by atoms with Gasteiger partial charge >= 0.3 is 0 Å². The number of H-pyrrole nitrogens is 1. The van der Waals surface area contributed by atoms with Crippen LogP contribution in [0.25, 0.3) is 0 Å². The van der Waals surface area contributed by atoms with Crippen LogP contribution in [0.15, 0.2) is 0 Å². The van der Waals surface area contributed by atoms with Crippen LogP contribution in [0.4, 0.5) is 5.69 Å². The Labute approximate surface area is 107 Å². The quantitative estimate of drug-likeness (QED) is 0.534. The standard InChI is InChI=1S/C11H20N4OS/c1-4-16-7-5-6-12-11(17)13-10-8(2)14-15-9(10)3/h4-7H2,1-3H3,(H,14,15)(H2,12,13,17). The number of anilines is 1. The zero-order valence-electron chi connectivity index (χ0n) is 10.6. The average Bonchev–Trinajstić information content (AvgIpc) is 2.60. The van der Waals surface area contributed by atoms with Crippen molar-refractivity contribution in [3.63, 3.8) is 0 Å². The second-order valence-electron chi connectivity index (χ2n) is 3.74. The molecular weight excluding hydrogens is 236 g/mol. The summed E-state index contributed by atoms with van der Waals surface area (Å²) in [5, 5.41) is 13.9. The van der Waals surface area contributed by atoms with Crippen molar-refractivity contribution in [2.45, 2.75) is 27.2 Å². The molecule has 0 aliphatic heterocycles. The van der Waals surface area contributed by atoms with Crippen molar-refractivity contribution in [2.75, 3.05) is 25.1 Å². The van der Waals surface area contributed by atoms with Gasteiger partial charge in [-0.25, -0.2) is 0 Å². The lowest BCUT2D eigenvalue weighted by Crippen LogP contribution is -2.30. The number of nitrogens with zero attached hydrogens (tertiary/aromatic N) is 1. The lowest BCUT2D eigenvalue weighted by molar-refractivity contribution is 0.146. The second-order valence-corrected chi connectivity index (χ2v) is 4.15. The van der Waals surface area contributed by atoms with Gasteiger partial charge in [0, 0.05) is 19.8 Å². The highest BCUT2D eigenvalue weighted by molar-refractivity contribution is 7.80. The molecule has 0 aliphatic carbocycles. The number of thiocarbonyl (C=S) groups is 1. The number of hydrogen-bond donors (Lipinski definition) is 3. The van der Waals surface area contributed by atoms with Crippen molar-refractivity contribution in [3.8, 4) is 0 Å². The Morgan fingerprint density at radius 2 is 2.24 bits per heavy atom. The minimum atomic E-state index is 0.620. The van der Waals surface area contributed by atoms with Crippen LogP contribution in [0.5, 0.6) is 0 Å². The van der Waals surface area contributed by atoms with E-state index < -0.39 is 0 Å². The van der Waals surface area contributed by atoms with Crippen LogP contribution in [-0.4, -0.2) is 35.1 Å². The van der Waals surface area contributed by atoms with E-state index in [0.717, 1.165) is 43.3 Å². The maximum atomic E-state index is 5.24. The van der Waals surface area contributed by atoms with Gasteiger partial charge in [-0.05, 0) is 39.4 Å². The number of aromatic amines is 1. The third-order valence-corrected chi connectivity index (χ3v) is 2.57. The zero-order chi connectivity index (χ0) is 12.7. The minimum absolute atomic E-state index is 0.620. The Morgan fingerprint density at radius 3 is 2.82 bits per heavy atom. The molecule has 0 spiro atoms. The lowest BCUT2D eigenvalue weighted by Gasteiger charge is -2.10. The van der Waals surface area contributed by atoms with Gasteiger partial charge in [0.25, 0.3) is 0 Å². The van der Waals surface area contributed by atoms with Crippen molar-refractivity contribution in [1.29, 1.82) is 0 Å². The van der Waals surface area contributed by atoms with E-state index in [2.05, 4.69) is 20.8 Å². The van der Waals surface area contributed by atoms with Crippen LogP contribution >= 0.6 is 12.2 Å². The summed E-state index contributed by atoms with van der Waals surface area (Å²) in [5.41, 5.74) is 2.86. The summed E-state index contributed by atoms with van der Waals surface area (Å²) in [6.07, 6.45) is 0.943. The first-order chi connectivity index (χ1) is 8.15. The fraction of sp³-hybridized carbons (Fsp3) is 0.636. The molecule has 3 N–H and O–H groups in total. The first kappa shape index (κ1) is 13.9. The van der Waals surface area contributed by atoms with Gasteiger partial charge in [0.05, 0.1) is 17.1 Å². The number of aryl methyl sites for hydroxylation is 2. The normalized spacial score (nSPS) is 10.3. The first-order valence-electron chi connectivity index (χ1n) is 5.79. The molecule has 1 heterocycles. The Bertz CT molecular complexity index is 345. The van der Waals surface area contributed by atoms with E-state index in [-0.39, 0.29) is 0 Å². The van der Waals surface area contributed by atoms with E-state index in [0.29, 0.717) is 5.11 Å². The average molecular weight is 256 g/mol. The van der Waals surface area contributed by atoms with Crippen LogP contribution in [0.1, 0.15) is 24.7 Å². The second kappa shape index (κ2) is 7.24. The molecule has 0 amide bonds. The third-order valence-electron chi connectivity index (χ3n) is 2.32. The summed E-state index contributed by atoms with van der Waals surface area (Å²) in [7, 11) is 0. The Balaban J connectivity index is 2.26. The van der Waals surface area contributed by atoms with E-state index in [1.165, 1.54) is 0 Å². The Morgan fingerprint density at radius 1 is 1.47 bits per heavy atom. The van der Waals surface area contributed by atoms with Crippen LogP contribution in [0.3, 0.4) is 0 Å². The highest BCUT2D eigenvalue weighted by atomic mass is 32.1.